The number of carbonyl (C=O) groups is 2. The van der Waals surface area contributed by atoms with Crippen molar-refractivity contribution in [3.63, 3.8) is 0 Å². The molecule has 1 fully saturated rings. The molecule has 0 unspecified atom stereocenters. The second-order valence-corrected chi connectivity index (χ2v) is 11.3. The minimum atomic E-state index is -4.82. The zero-order chi connectivity index (χ0) is 30.2. The summed E-state index contributed by atoms with van der Waals surface area (Å²) in [5, 5.41) is 5.95. The topological polar surface area (TPSA) is 109 Å². The highest BCUT2D eigenvalue weighted by Crippen LogP contribution is 2.40. The van der Waals surface area contributed by atoms with Gasteiger partial charge in [0.2, 0.25) is 11.8 Å². The zero-order valence-corrected chi connectivity index (χ0v) is 25.2. The number of nitrogens with one attached hydrogen (secondary N) is 2. The van der Waals surface area contributed by atoms with Gasteiger partial charge in [-0.15, -0.1) is 0 Å². The Morgan fingerprint density at radius 1 is 1.14 bits per heavy atom. The molecule has 5 rings (SSSR count). The molecule has 2 aromatic carbocycles. The molecular weight excluding hydrogens is 668 g/mol. The first-order chi connectivity index (χ1) is 19.9. The molecule has 3 heterocycles. The molecule has 3 aromatic rings. The van der Waals surface area contributed by atoms with Crippen molar-refractivity contribution in [3.8, 4) is 17.4 Å². The Bertz CT molecular complexity index is 1530. The predicted octanol–water partition coefficient (Wildman–Crippen LogP) is 5.05. The normalized spacial score (nSPS) is 15.9. The summed E-state index contributed by atoms with van der Waals surface area (Å²) < 4.78 is 53.4. The number of likely N-dealkylation sites (tertiary alicyclic amines) is 1. The largest absolute Gasteiger partial charge is 0.495 e. The van der Waals surface area contributed by atoms with Crippen LogP contribution in [0.4, 0.5) is 24.8 Å². The summed E-state index contributed by atoms with van der Waals surface area (Å²) in [5.74, 6) is -1.34. The number of methoxy groups -OCH3 is 1. The molecule has 10 nitrogen and oxygen atoms in total. The van der Waals surface area contributed by atoms with Gasteiger partial charge in [0.25, 0.3) is 11.8 Å². The fraction of sp³-hybridized carbons (Fsp3) is 0.357. The lowest BCUT2D eigenvalue weighted by atomic mass is 10.0. The van der Waals surface area contributed by atoms with E-state index in [9.17, 15) is 22.8 Å². The van der Waals surface area contributed by atoms with Gasteiger partial charge in [0, 0.05) is 29.4 Å². The molecule has 2 N–H and O–H groups in total. The number of anilines is 2. The number of ether oxygens (including phenoxy) is 2. The third-order valence-electron chi connectivity index (χ3n) is 7.18. The SMILES string of the molecule is COc1cc(C(=O)NC2CCN(C)CC2)c(I)cc1Nc1ncc(C(F)(F)F)c(Oc2cccc3c2C(=O)N(C)C3)n1. The second-order valence-electron chi connectivity index (χ2n) is 10.2. The van der Waals surface area contributed by atoms with E-state index in [2.05, 4.69) is 25.5 Å². The maximum absolute atomic E-state index is 13.9. The van der Waals surface area contributed by atoms with Crippen LogP contribution in [-0.2, 0) is 12.7 Å². The molecule has 2 aliphatic rings. The Hall–Kier alpha value is -3.66. The monoisotopic (exact) mass is 696 g/mol. The molecule has 42 heavy (non-hydrogen) atoms. The maximum Gasteiger partial charge on any atom is 0.423 e. The first-order valence-corrected chi connectivity index (χ1v) is 14.2. The summed E-state index contributed by atoms with van der Waals surface area (Å²) in [5.41, 5.74) is 0.362. The molecule has 222 valence electrons. The second kappa shape index (κ2) is 11.9. The van der Waals surface area contributed by atoms with Crippen LogP contribution in [0.3, 0.4) is 0 Å². The van der Waals surface area contributed by atoms with E-state index in [1.807, 2.05) is 29.6 Å². The van der Waals surface area contributed by atoms with Crippen molar-refractivity contribution in [1.29, 1.82) is 0 Å². The van der Waals surface area contributed by atoms with Crippen LogP contribution in [0.15, 0.2) is 36.5 Å². The summed E-state index contributed by atoms with van der Waals surface area (Å²) in [7, 11) is 5.05. The van der Waals surface area contributed by atoms with Gasteiger partial charge in [0.1, 0.15) is 17.1 Å². The first-order valence-electron chi connectivity index (χ1n) is 13.1. The Morgan fingerprint density at radius 3 is 2.57 bits per heavy atom. The number of halogens is 4. The van der Waals surface area contributed by atoms with E-state index < -0.39 is 17.6 Å². The van der Waals surface area contributed by atoms with Crippen molar-refractivity contribution < 1.29 is 32.2 Å². The van der Waals surface area contributed by atoms with Crippen LogP contribution in [0.2, 0.25) is 0 Å². The number of rotatable bonds is 7. The van der Waals surface area contributed by atoms with Gasteiger partial charge in [0.15, 0.2) is 0 Å². The van der Waals surface area contributed by atoms with Crippen molar-refractivity contribution in [3.05, 3.63) is 62.4 Å². The average molecular weight is 696 g/mol. The van der Waals surface area contributed by atoms with Crippen LogP contribution in [0.1, 0.15) is 44.7 Å². The van der Waals surface area contributed by atoms with Crippen LogP contribution in [0.5, 0.6) is 17.4 Å². The van der Waals surface area contributed by atoms with Crippen molar-refractivity contribution >= 4 is 46.0 Å². The Kier molecular flexibility index (Phi) is 8.46. The Labute approximate surface area is 253 Å². The highest BCUT2D eigenvalue weighted by atomic mass is 127. The van der Waals surface area contributed by atoms with Gasteiger partial charge >= 0.3 is 6.18 Å². The number of hydrogen-bond donors (Lipinski definition) is 2. The highest BCUT2D eigenvalue weighted by molar-refractivity contribution is 14.1. The molecule has 0 spiro atoms. The molecular formula is C28H28F3IN6O4. The van der Waals surface area contributed by atoms with E-state index in [1.165, 1.54) is 18.1 Å². The standard InChI is InChI=1S/C28H28F3IN6O4/c1-37-9-7-16(8-10-37)34-24(39)17-11-22(41-3)20(12-19(17)32)35-27-33-13-18(28(29,30)31)25(36-27)42-21-6-4-5-15-14-38(2)26(40)23(15)21/h4-6,11-13,16H,7-10,14H2,1-3H3,(H,34,39)(H,33,35,36). The summed E-state index contributed by atoms with van der Waals surface area (Å²) in [4.78, 5) is 37.2. The summed E-state index contributed by atoms with van der Waals surface area (Å²) >= 11 is 2.02. The van der Waals surface area contributed by atoms with E-state index in [4.69, 9.17) is 9.47 Å². The Morgan fingerprint density at radius 2 is 1.88 bits per heavy atom. The fourth-order valence-corrected chi connectivity index (χ4v) is 5.60. The van der Waals surface area contributed by atoms with Gasteiger partial charge in [-0.2, -0.15) is 18.2 Å². The number of alkyl halides is 3. The van der Waals surface area contributed by atoms with Crippen molar-refractivity contribution in [2.24, 2.45) is 0 Å². The van der Waals surface area contributed by atoms with Crippen LogP contribution < -0.4 is 20.1 Å². The quantitative estimate of drug-likeness (QED) is 0.331. The molecule has 1 saturated heterocycles. The summed E-state index contributed by atoms with van der Waals surface area (Å²) in [6, 6.07) is 7.99. The molecule has 2 aliphatic heterocycles. The van der Waals surface area contributed by atoms with E-state index >= 15 is 0 Å². The minimum Gasteiger partial charge on any atom is -0.495 e. The van der Waals surface area contributed by atoms with Crippen LogP contribution in [0, 0.1) is 3.57 Å². The third kappa shape index (κ3) is 6.23. The molecule has 14 heteroatoms. The van der Waals surface area contributed by atoms with E-state index in [0.717, 1.165) is 25.9 Å². The lowest BCUT2D eigenvalue weighted by molar-refractivity contribution is -0.139. The summed E-state index contributed by atoms with van der Waals surface area (Å²) in [6.45, 7) is 2.11. The number of aromatic nitrogens is 2. The smallest absolute Gasteiger partial charge is 0.423 e. The number of piperidine rings is 1. The van der Waals surface area contributed by atoms with E-state index in [1.54, 1.807) is 31.3 Å². The highest BCUT2D eigenvalue weighted by Gasteiger charge is 2.37. The molecule has 1 aromatic heterocycles. The number of benzene rings is 2. The van der Waals surface area contributed by atoms with Crippen molar-refractivity contribution in [2.75, 3.05) is 39.6 Å². The molecule has 0 bridgehead atoms. The van der Waals surface area contributed by atoms with Crippen molar-refractivity contribution in [2.45, 2.75) is 31.6 Å². The third-order valence-corrected chi connectivity index (χ3v) is 8.07. The predicted molar refractivity (Wildman–Crippen MR) is 156 cm³/mol. The van der Waals surface area contributed by atoms with Crippen molar-refractivity contribution in [1.82, 2.24) is 25.1 Å². The van der Waals surface area contributed by atoms with Gasteiger partial charge in [-0.3, -0.25) is 9.59 Å². The lowest BCUT2D eigenvalue weighted by Gasteiger charge is -2.29. The summed E-state index contributed by atoms with van der Waals surface area (Å²) in [6.07, 6.45) is -2.51. The molecule has 0 radical (unpaired) electrons. The van der Waals surface area contributed by atoms with Gasteiger partial charge in [-0.05, 0) is 79.3 Å². The van der Waals surface area contributed by atoms with Crippen LogP contribution in [-0.4, -0.2) is 71.9 Å². The van der Waals surface area contributed by atoms with Gasteiger partial charge in [-0.25, -0.2) is 4.98 Å². The number of amides is 2. The maximum atomic E-state index is 13.9. The molecule has 0 atom stereocenters. The van der Waals surface area contributed by atoms with E-state index in [-0.39, 0.29) is 40.9 Å². The minimum absolute atomic E-state index is 0.0379. The number of fused-ring (bicyclic) bond motifs is 1. The number of hydrogen-bond acceptors (Lipinski definition) is 8. The molecule has 0 aliphatic carbocycles. The molecule has 2 amide bonds. The Balaban J connectivity index is 1.42. The van der Waals surface area contributed by atoms with Gasteiger partial charge in [0.05, 0.1) is 23.9 Å². The van der Waals surface area contributed by atoms with Crippen LogP contribution >= 0.6 is 22.6 Å². The number of nitrogens with zero attached hydrogens (tertiary/aromatic N) is 4. The van der Waals surface area contributed by atoms with E-state index in [0.29, 0.717) is 33.1 Å². The van der Waals surface area contributed by atoms with Crippen LogP contribution in [0.25, 0.3) is 0 Å². The molecule has 0 saturated carbocycles. The number of carbonyl (C=O) groups excluding carboxylic acids is 2. The first kappa shape index (κ1) is 29.8. The van der Waals surface area contributed by atoms with Gasteiger partial charge in [-0.1, -0.05) is 12.1 Å². The average Bonchev–Trinajstić information content (AvgIpc) is 3.23. The zero-order valence-electron chi connectivity index (χ0n) is 23.0. The lowest BCUT2D eigenvalue weighted by Crippen LogP contribution is -2.43. The fourth-order valence-electron chi connectivity index (χ4n) is 4.89. The van der Waals surface area contributed by atoms with Gasteiger partial charge < -0.3 is 29.9 Å².